The molecule has 0 aromatic carbocycles. The minimum Gasteiger partial charge on any atom is -0.302 e. The van der Waals surface area contributed by atoms with Crippen LogP contribution in [0.5, 0.6) is 0 Å². The highest BCUT2D eigenvalue weighted by Crippen LogP contribution is 2.39. The van der Waals surface area contributed by atoms with Crippen LogP contribution in [0.4, 0.5) is 0 Å². The molecule has 0 unspecified atom stereocenters. The van der Waals surface area contributed by atoms with Crippen LogP contribution in [0.1, 0.15) is 26.7 Å². The third kappa shape index (κ3) is 1.75. The van der Waals surface area contributed by atoms with Gasteiger partial charge >= 0.3 is 0 Å². The van der Waals surface area contributed by atoms with E-state index in [1.807, 2.05) is 0 Å². The first-order valence-electron chi connectivity index (χ1n) is 5.73. The Bertz CT molecular complexity index is 143. The molecule has 0 atom stereocenters. The number of rotatable bonds is 4. The molecule has 1 spiro atoms. The molecular weight excluding hydrogens is 160 g/mol. The molecule has 2 aliphatic heterocycles. The SMILES string of the molecule is CCCN1CC2(C1)CN(CCC)C2. The van der Waals surface area contributed by atoms with Gasteiger partial charge in [-0.2, -0.15) is 0 Å². The van der Waals surface area contributed by atoms with Crippen LogP contribution in [0.15, 0.2) is 0 Å². The first kappa shape index (κ1) is 9.47. The highest BCUT2D eigenvalue weighted by Gasteiger charge is 2.50. The van der Waals surface area contributed by atoms with Gasteiger partial charge in [0.1, 0.15) is 0 Å². The summed E-state index contributed by atoms with van der Waals surface area (Å²) in [6, 6.07) is 0. The van der Waals surface area contributed by atoms with Crippen molar-refractivity contribution in [3.05, 3.63) is 0 Å². The molecule has 0 amide bonds. The molecule has 2 fully saturated rings. The summed E-state index contributed by atoms with van der Waals surface area (Å²) in [4.78, 5) is 5.20. The summed E-state index contributed by atoms with van der Waals surface area (Å²) in [5.74, 6) is 0. The van der Waals surface area contributed by atoms with Crippen molar-refractivity contribution < 1.29 is 0 Å². The van der Waals surface area contributed by atoms with Crippen LogP contribution < -0.4 is 0 Å². The van der Waals surface area contributed by atoms with Crippen LogP contribution in [0.25, 0.3) is 0 Å². The fourth-order valence-electron chi connectivity index (χ4n) is 2.95. The molecule has 0 radical (unpaired) electrons. The predicted octanol–water partition coefficient (Wildman–Crippen LogP) is 1.42. The first-order valence-corrected chi connectivity index (χ1v) is 5.73. The van der Waals surface area contributed by atoms with E-state index < -0.39 is 0 Å². The average Bonchev–Trinajstić information content (AvgIpc) is 1.97. The molecule has 76 valence electrons. The number of likely N-dealkylation sites (tertiary alicyclic amines) is 2. The van der Waals surface area contributed by atoms with Gasteiger partial charge in [-0.05, 0) is 25.9 Å². The first-order chi connectivity index (χ1) is 6.28. The van der Waals surface area contributed by atoms with Gasteiger partial charge in [0.05, 0.1) is 0 Å². The molecule has 0 N–H and O–H groups in total. The summed E-state index contributed by atoms with van der Waals surface area (Å²) in [6.45, 7) is 12.7. The summed E-state index contributed by atoms with van der Waals surface area (Å²) in [7, 11) is 0. The van der Waals surface area contributed by atoms with E-state index in [1.165, 1.54) is 52.1 Å². The molecule has 0 aromatic heterocycles. The van der Waals surface area contributed by atoms with Gasteiger partial charge in [0.25, 0.3) is 0 Å². The molecule has 0 bridgehead atoms. The van der Waals surface area contributed by atoms with Gasteiger partial charge < -0.3 is 9.80 Å². The van der Waals surface area contributed by atoms with Gasteiger partial charge in [-0.1, -0.05) is 13.8 Å². The molecule has 2 heteroatoms. The highest BCUT2D eigenvalue weighted by atomic mass is 15.3. The molecule has 2 nitrogen and oxygen atoms in total. The van der Waals surface area contributed by atoms with Crippen molar-refractivity contribution >= 4 is 0 Å². The fourth-order valence-corrected chi connectivity index (χ4v) is 2.95. The van der Waals surface area contributed by atoms with Crippen molar-refractivity contribution in [1.82, 2.24) is 9.80 Å². The Balaban J connectivity index is 1.64. The third-order valence-corrected chi connectivity index (χ3v) is 3.32. The smallest absolute Gasteiger partial charge is 0.0212 e. The van der Waals surface area contributed by atoms with Crippen molar-refractivity contribution in [3.8, 4) is 0 Å². The molecule has 13 heavy (non-hydrogen) atoms. The van der Waals surface area contributed by atoms with E-state index in [4.69, 9.17) is 0 Å². The molecule has 0 aliphatic carbocycles. The average molecular weight is 182 g/mol. The molecule has 2 rings (SSSR count). The molecule has 2 heterocycles. The Labute approximate surface area is 81.9 Å². The van der Waals surface area contributed by atoms with Crippen molar-refractivity contribution in [1.29, 1.82) is 0 Å². The number of hydrogen-bond donors (Lipinski definition) is 0. The summed E-state index contributed by atoms with van der Waals surface area (Å²) in [6.07, 6.45) is 2.63. The Kier molecular flexibility index (Phi) is 2.61. The van der Waals surface area contributed by atoms with Crippen molar-refractivity contribution in [3.63, 3.8) is 0 Å². The maximum atomic E-state index is 2.60. The lowest BCUT2D eigenvalue weighted by atomic mass is 9.73. The maximum absolute atomic E-state index is 2.60. The predicted molar refractivity (Wildman–Crippen MR) is 55.9 cm³/mol. The van der Waals surface area contributed by atoms with Gasteiger partial charge in [0.2, 0.25) is 0 Å². The summed E-state index contributed by atoms with van der Waals surface area (Å²) >= 11 is 0. The summed E-state index contributed by atoms with van der Waals surface area (Å²) < 4.78 is 0. The van der Waals surface area contributed by atoms with Crippen LogP contribution in [0.3, 0.4) is 0 Å². The van der Waals surface area contributed by atoms with E-state index in [0.29, 0.717) is 0 Å². The lowest BCUT2D eigenvalue weighted by Crippen LogP contribution is -2.71. The number of hydrogen-bond acceptors (Lipinski definition) is 2. The van der Waals surface area contributed by atoms with E-state index in [-0.39, 0.29) is 0 Å². The van der Waals surface area contributed by atoms with Crippen molar-refractivity contribution in [2.45, 2.75) is 26.7 Å². The third-order valence-electron chi connectivity index (χ3n) is 3.32. The number of nitrogens with zero attached hydrogens (tertiary/aromatic N) is 2. The van der Waals surface area contributed by atoms with Gasteiger partial charge in [-0.3, -0.25) is 0 Å². The normalized spacial score (nSPS) is 27.2. The van der Waals surface area contributed by atoms with Crippen molar-refractivity contribution in [2.75, 3.05) is 39.3 Å². The van der Waals surface area contributed by atoms with Gasteiger partial charge in [0, 0.05) is 31.6 Å². The molecule has 0 saturated carbocycles. The minimum absolute atomic E-state index is 0.740. The zero-order chi connectivity index (χ0) is 9.31. The van der Waals surface area contributed by atoms with Gasteiger partial charge in [-0.15, -0.1) is 0 Å². The standard InChI is InChI=1S/C11H22N2/c1-3-5-12-7-11(8-12)9-13(10-11)6-4-2/h3-10H2,1-2H3. The van der Waals surface area contributed by atoms with E-state index in [0.717, 1.165) is 5.41 Å². The lowest BCUT2D eigenvalue weighted by molar-refractivity contribution is -0.113. The van der Waals surface area contributed by atoms with E-state index in [1.54, 1.807) is 0 Å². The maximum Gasteiger partial charge on any atom is 0.0212 e. The Morgan fingerprint density at radius 1 is 0.846 bits per heavy atom. The topological polar surface area (TPSA) is 6.48 Å². The highest BCUT2D eigenvalue weighted by molar-refractivity contribution is 5.05. The Morgan fingerprint density at radius 2 is 1.23 bits per heavy atom. The van der Waals surface area contributed by atoms with Crippen LogP contribution in [0, 0.1) is 5.41 Å². The lowest BCUT2D eigenvalue weighted by Gasteiger charge is -2.60. The van der Waals surface area contributed by atoms with E-state index in [2.05, 4.69) is 23.6 Å². The van der Waals surface area contributed by atoms with Crippen molar-refractivity contribution in [2.24, 2.45) is 5.41 Å². The zero-order valence-corrected chi connectivity index (χ0v) is 9.05. The second-order valence-corrected chi connectivity index (χ2v) is 4.92. The largest absolute Gasteiger partial charge is 0.302 e. The van der Waals surface area contributed by atoms with Gasteiger partial charge in [-0.25, -0.2) is 0 Å². The fraction of sp³-hybridized carbons (Fsp3) is 1.00. The Morgan fingerprint density at radius 3 is 1.54 bits per heavy atom. The van der Waals surface area contributed by atoms with Crippen LogP contribution in [0.2, 0.25) is 0 Å². The van der Waals surface area contributed by atoms with E-state index >= 15 is 0 Å². The second-order valence-electron chi connectivity index (χ2n) is 4.92. The Hall–Kier alpha value is -0.0800. The summed E-state index contributed by atoms with van der Waals surface area (Å²) in [5.41, 5.74) is 0.740. The monoisotopic (exact) mass is 182 g/mol. The summed E-state index contributed by atoms with van der Waals surface area (Å²) in [5, 5.41) is 0. The molecule has 2 aliphatic rings. The van der Waals surface area contributed by atoms with Crippen LogP contribution in [-0.2, 0) is 0 Å². The van der Waals surface area contributed by atoms with E-state index in [9.17, 15) is 0 Å². The second kappa shape index (κ2) is 3.58. The van der Waals surface area contributed by atoms with Crippen LogP contribution >= 0.6 is 0 Å². The molecular formula is C11H22N2. The van der Waals surface area contributed by atoms with Gasteiger partial charge in [0.15, 0.2) is 0 Å². The molecule has 2 saturated heterocycles. The quantitative estimate of drug-likeness (QED) is 0.649. The van der Waals surface area contributed by atoms with Crippen LogP contribution in [-0.4, -0.2) is 49.1 Å². The minimum atomic E-state index is 0.740. The molecule has 0 aromatic rings. The zero-order valence-electron chi connectivity index (χ0n) is 9.05.